The predicted molar refractivity (Wildman–Crippen MR) is 152 cm³/mol. The van der Waals surface area contributed by atoms with Crippen LogP contribution in [0.2, 0.25) is 0 Å². The summed E-state index contributed by atoms with van der Waals surface area (Å²) in [5.41, 5.74) is -8.39. The van der Waals surface area contributed by atoms with E-state index >= 15 is 0 Å². The molecule has 0 aromatic carbocycles. The Balaban J connectivity index is 1.83. The molecule has 1 saturated heterocycles. The molecule has 1 unspecified atom stereocenters. The summed E-state index contributed by atoms with van der Waals surface area (Å²) in [5, 5.41) is 36.7. The van der Waals surface area contributed by atoms with Crippen molar-refractivity contribution >= 4 is 23.9 Å². The first-order valence-electron chi connectivity index (χ1n) is 15.5. The third-order valence-corrected chi connectivity index (χ3v) is 11.6. The van der Waals surface area contributed by atoms with Crippen LogP contribution >= 0.6 is 0 Å². The van der Waals surface area contributed by atoms with E-state index in [9.17, 15) is 34.5 Å². The summed E-state index contributed by atoms with van der Waals surface area (Å²) in [6.45, 7) is 8.76. The van der Waals surface area contributed by atoms with Crippen LogP contribution < -0.4 is 0 Å². The van der Waals surface area contributed by atoms with Gasteiger partial charge in [-0.2, -0.15) is 0 Å². The molecular formula is C32H46O12. The zero-order valence-electron chi connectivity index (χ0n) is 26.6. The molecule has 0 amide bonds. The summed E-state index contributed by atoms with van der Waals surface area (Å²) in [5.74, 6) is -3.95. The Kier molecular flexibility index (Phi) is 8.04. The lowest BCUT2D eigenvalue weighted by atomic mass is 9.44. The van der Waals surface area contributed by atoms with Crippen LogP contribution in [0.1, 0.15) is 86.5 Å². The molecule has 12 nitrogen and oxygen atoms in total. The number of fused-ring (bicyclic) bond motifs is 5. The van der Waals surface area contributed by atoms with Gasteiger partial charge >= 0.3 is 18.1 Å². The average molecular weight is 623 g/mol. The maximum atomic E-state index is 15.0. The van der Waals surface area contributed by atoms with Gasteiger partial charge in [-0.15, -0.1) is 0 Å². The van der Waals surface area contributed by atoms with E-state index in [1.165, 1.54) is 13.8 Å². The van der Waals surface area contributed by atoms with Gasteiger partial charge in [-0.25, -0.2) is 4.79 Å². The Morgan fingerprint density at radius 1 is 1.00 bits per heavy atom. The van der Waals surface area contributed by atoms with Gasteiger partial charge in [0.15, 0.2) is 17.5 Å². The fourth-order valence-electron chi connectivity index (χ4n) is 8.87. The zero-order chi connectivity index (χ0) is 32.6. The maximum Gasteiger partial charge on any atom is 0.508 e. The smallest absolute Gasteiger partial charge is 0.459 e. The van der Waals surface area contributed by atoms with E-state index in [0.29, 0.717) is 18.4 Å². The number of carbonyl (C=O) groups is 4. The van der Waals surface area contributed by atoms with Gasteiger partial charge in [-0.05, 0) is 44.8 Å². The number of Topliss-reactive ketones (excluding diaryl/α,β-unsaturated/α-hetero) is 1. The quantitative estimate of drug-likeness (QED) is 0.238. The average Bonchev–Trinajstić information content (AvgIpc) is 2.94. The largest absolute Gasteiger partial charge is 0.508 e. The SMILES string of the molecule is COC(=O)O[C@@]12CO[C@@H]1C[C@@H](O)[C@@]1(C)C(=O)[C@H](OC(C)=O)C3=C(C)[C@@](C)(O)C[C@@](O)([C@@H](OC(=O)C4CCCCC4)C12)C3(C)C. The molecule has 0 spiro atoms. The maximum absolute atomic E-state index is 15.0. The number of rotatable bonds is 4. The molecule has 0 aromatic rings. The van der Waals surface area contributed by atoms with Gasteiger partial charge in [0.25, 0.3) is 0 Å². The molecule has 0 aromatic heterocycles. The first-order chi connectivity index (χ1) is 20.4. The topological polar surface area (TPSA) is 175 Å². The highest BCUT2D eigenvalue weighted by Gasteiger charge is 2.79. The standard InChI is InChI=1S/C32H46O12/c1-16-21-22(42-17(2)33)24(35)30(6)19(34)13-20-31(15-41-20,44-27(37)40-7)23(30)25(43-26(36)18-11-9-8-10-12-18)32(39,28(21,3)4)14-29(16,5)38/h18-20,22-23,25,34,38-39H,8-15H2,1-7H3/t19-,20-,22-,23?,25+,29+,30-,31+,32-/m1/s1. The van der Waals surface area contributed by atoms with Crippen LogP contribution in [-0.4, -0.2) is 94.1 Å². The zero-order valence-corrected chi connectivity index (χ0v) is 26.6. The fourth-order valence-corrected chi connectivity index (χ4v) is 8.87. The molecule has 5 rings (SSSR count). The highest BCUT2D eigenvalue weighted by Crippen LogP contribution is 2.65. The Hall–Kier alpha value is -2.54. The second-order valence-electron chi connectivity index (χ2n) is 14.4. The van der Waals surface area contributed by atoms with Crippen molar-refractivity contribution < 1.29 is 58.2 Å². The van der Waals surface area contributed by atoms with Crippen LogP contribution in [0, 0.1) is 22.7 Å². The summed E-state index contributed by atoms with van der Waals surface area (Å²) in [4.78, 5) is 54.2. The first-order valence-corrected chi connectivity index (χ1v) is 15.5. The minimum absolute atomic E-state index is 0.136. The molecule has 4 fully saturated rings. The summed E-state index contributed by atoms with van der Waals surface area (Å²) < 4.78 is 28.6. The number of hydrogen-bond donors (Lipinski definition) is 3. The molecule has 2 bridgehead atoms. The van der Waals surface area contributed by atoms with E-state index in [0.717, 1.165) is 33.3 Å². The first kappa shape index (κ1) is 32.8. The van der Waals surface area contributed by atoms with Gasteiger partial charge in [0, 0.05) is 25.2 Å². The van der Waals surface area contributed by atoms with Crippen molar-refractivity contribution in [2.75, 3.05) is 13.7 Å². The van der Waals surface area contributed by atoms with E-state index in [1.54, 1.807) is 20.8 Å². The van der Waals surface area contributed by atoms with E-state index in [1.807, 2.05) is 0 Å². The molecule has 12 heteroatoms. The van der Waals surface area contributed by atoms with Gasteiger partial charge in [0.05, 0.1) is 42.7 Å². The van der Waals surface area contributed by atoms with E-state index in [4.69, 9.17) is 23.7 Å². The second-order valence-corrected chi connectivity index (χ2v) is 14.4. The lowest BCUT2D eigenvalue weighted by Crippen LogP contribution is -2.82. The molecule has 1 heterocycles. The van der Waals surface area contributed by atoms with Crippen molar-refractivity contribution in [1.82, 2.24) is 0 Å². The molecule has 44 heavy (non-hydrogen) atoms. The number of esters is 2. The van der Waals surface area contributed by atoms with Crippen molar-refractivity contribution in [3.05, 3.63) is 11.1 Å². The van der Waals surface area contributed by atoms with Crippen molar-refractivity contribution in [2.24, 2.45) is 22.7 Å². The molecule has 4 aliphatic carbocycles. The summed E-state index contributed by atoms with van der Waals surface area (Å²) in [6.07, 6.45) is -3.33. The second kappa shape index (κ2) is 10.8. The summed E-state index contributed by atoms with van der Waals surface area (Å²) in [7, 11) is 1.12. The van der Waals surface area contributed by atoms with Crippen LogP contribution in [0.25, 0.3) is 0 Å². The van der Waals surface area contributed by atoms with E-state index in [-0.39, 0.29) is 25.0 Å². The number of aliphatic hydroxyl groups is 3. The van der Waals surface area contributed by atoms with Crippen LogP contribution in [0.3, 0.4) is 0 Å². The summed E-state index contributed by atoms with van der Waals surface area (Å²) >= 11 is 0. The number of carbonyl (C=O) groups excluding carboxylic acids is 4. The van der Waals surface area contributed by atoms with Gasteiger partial charge < -0.3 is 39.0 Å². The number of methoxy groups -OCH3 is 1. The molecule has 0 radical (unpaired) electrons. The van der Waals surface area contributed by atoms with Gasteiger partial charge in [-0.1, -0.05) is 33.1 Å². The van der Waals surface area contributed by atoms with Crippen LogP contribution in [0.4, 0.5) is 4.79 Å². The molecule has 1 aliphatic heterocycles. The molecule has 246 valence electrons. The van der Waals surface area contributed by atoms with Crippen molar-refractivity contribution in [3.8, 4) is 0 Å². The number of ketones is 1. The van der Waals surface area contributed by atoms with Crippen LogP contribution in [-0.2, 0) is 38.1 Å². The van der Waals surface area contributed by atoms with Crippen molar-refractivity contribution in [1.29, 1.82) is 0 Å². The lowest BCUT2D eigenvalue weighted by molar-refractivity contribution is -0.347. The lowest BCUT2D eigenvalue weighted by Gasteiger charge is -2.67. The third kappa shape index (κ3) is 4.53. The van der Waals surface area contributed by atoms with Crippen LogP contribution in [0.15, 0.2) is 11.1 Å². The number of aliphatic hydroxyl groups excluding tert-OH is 1. The fraction of sp³-hybridized carbons (Fsp3) is 0.812. The normalized spacial score (nSPS) is 43.3. The Labute approximate surface area is 257 Å². The van der Waals surface area contributed by atoms with E-state index < -0.39 is 87.8 Å². The highest BCUT2D eigenvalue weighted by atomic mass is 16.8. The molecule has 3 N–H and O–H groups in total. The molecule has 3 saturated carbocycles. The number of hydrogen-bond acceptors (Lipinski definition) is 12. The van der Waals surface area contributed by atoms with Crippen LogP contribution in [0.5, 0.6) is 0 Å². The Bertz CT molecular complexity index is 1260. The molecular weight excluding hydrogens is 576 g/mol. The van der Waals surface area contributed by atoms with Gasteiger partial charge in [-0.3, -0.25) is 14.4 Å². The van der Waals surface area contributed by atoms with Gasteiger partial charge in [0.2, 0.25) is 0 Å². The van der Waals surface area contributed by atoms with Crippen molar-refractivity contribution in [2.45, 2.75) is 128 Å². The molecule has 9 atom stereocenters. The monoisotopic (exact) mass is 622 g/mol. The molecule has 5 aliphatic rings. The Morgan fingerprint density at radius 2 is 1.64 bits per heavy atom. The predicted octanol–water partition coefficient (Wildman–Crippen LogP) is 2.53. The van der Waals surface area contributed by atoms with Gasteiger partial charge in [0.1, 0.15) is 17.8 Å². The Morgan fingerprint density at radius 3 is 2.18 bits per heavy atom. The van der Waals surface area contributed by atoms with E-state index in [2.05, 4.69) is 0 Å². The minimum Gasteiger partial charge on any atom is -0.459 e. The minimum atomic E-state index is -2.12. The van der Waals surface area contributed by atoms with Crippen molar-refractivity contribution in [3.63, 3.8) is 0 Å². The third-order valence-electron chi connectivity index (χ3n) is 11.6. The number of ether oxygens (including phenoxy) is 5. The summed E-state index contributed by atoms with van der Waals surface area (Å²) in [6, 6.07) is 0. The highest BCUT2D eigenvalue weighted by molar-refractivity contribution is 5.95.